The van der Waals surface area contributed by atoms with Gasteiger partial charge in [-0.05, 0) is 70.8 Å². The van der Waals surface area contributed by atoms with Gasteiger partial charge in [-0.2, -0.15) is 0 Å². The number of nitrogens with one attached hydrogen (secondary N) is 2. The van der Waals surface area contributed by atoms with E-state index in [0.29, 0.717) is 0 Å². The molecule has 0 heterocycles. The van der Waals surface area contributed by atoms with Crippen LogP contribution in [0.2, 0.25) is 0 Å². The molecule has 6 aromatic carbocycles. The molecule has 0 radical (unpaired) electrons. The molecule has 2 nitrogen and oxygen atoms in total. The average Bonchev–Trinajstić information content (AvgIpc) is 2.91. The molecule has 0 aliphatic rings. The first-order valence-corrected chi connectivity index (χ1v) is 12.4. The van der Waals surface area contributed by atoms with Gasteiger partial charge in [-0.3, -0.25) is 0 Å². The Hall–Kier alpha value is -4.56. The Labute approximate surface area is 212 Å². The lowest BCUT2D eigenvalue weighted by Crippen LogP contribution is -2.00. The van der Waals surface area contributed by atoms with Crippen molar-refractivity contribution in [1.29, 1.82) is 0 Å². The maximum atomic E-state index is 3.77. The van der Waals surface area contributed by atoms with E-state index in [9.17, 15) is 0 Å². The number of hydrogen-bond donors (Lipinski definition) is 2. The van der Waals surface area contributed by atoms with Crippen LogP contribution in [0.4, 0.5) is 22.7 Å². The van der Waals surface area contributed by atoms with Crippen molar-refractivity contribution in [3.63, 3.8) is 0 Å². The highest BCUT2D eigenvalue weighted by Crippen LogP contribution is 2.45. The molecule has 0 fully saturated rings. The second kappa shape index (κ2) is 9.24. The maximum absolute atomic E-state index is 3.77. The quantitative estimate of drug-likeness (QED) is 0.265. The van der Waals surface area contributed by atoms with Gasteiger partial charge < -0.3 is 10.6 Å². The minimum absolute atomic E-state index is 1.09. The van der Waals surface area contributed by atoms with Gasteiger partial charge in [0.25, 0.3) is 0 Å². The van der Waals surface area contributed by atoms with Crippen LogP contribution >= 0.6 is 0 Å². The van der Waals surface area contributed by atoms with Gasteiger partial charge in [0.1, 0.15) is 0 Å². The molecule has 0 spiro atoms. The molecule has 174 valence electrons. The summed E-state index contributed by atoms with van der Waals surface area (Å²) in [7, 11) is 0. The number of anilines is 4. The van der Waals surface area contributed by atoms with Gasteiger partial charge >= 0.3 is 0 Å². The lowest BCUT2D eigenvalue weighted by molar-refractivity contribution is 1.43. The van der Waals surface area contributed by atoms with Crippen molar-refractivity contribution in [2.75, 3.05) is 10.6 Å². The second-order valence-corrected chi connectivity index (χ2v) is 9.30. The van der Waals surface area contributed by atoms with Crippen LogP contribution < -0.4 is 10.6 Å². The Morgan fingerprint density at radius 2 is 0.750 bits per heavy atom. The van der Waals surface area contributed by atoms with Gasteiger partial charge in [0.05, 0.1) is 0 Å². The summed E-state index contributed by atoms with van der Waals surface area (Å²) in [6.45, 7) is 4.29. The number of benzene rings is 6. The zero-order valence-electron chi connectivity index (χ0n) is 20.5. The average molecular weight is 465 g/mol. The third-order valence-electron chi connectivity index (χ3n) is 6.94. The SMILES string of the molecule is Cc1ccccc1Nc1ccc2ccccc2c1-c1c(Nc2ccccc2C)ccc2ccccc12. The van der Waals surface area contributed by atoms with Crippen molar-refractivity contribution in [1.82, 2.24) is 0 Å². The molecule has 0 aromatic heterocycles. The molecule has 36 heavy (non-hydrogen) atoms. The molecule has 0 aliphatic heterocycles. The third-order valence-corrected chi connectivity index (χ3v) is 6.94. The van der Waals surface area contributed by atoms with E-state index in [2.05, 4.69) is 146 Å². The highest BCUT2D eigenvalue weighted by atomic mass is 14.9. The summed E-state index contributed by atoms with van der Waals surface area (Å²) >= 11 is 0. The summed E-state index contributed by atoms with van der Waals surface area (Å²) in [6.07, 6.45) is 0. The van der Waals surface area contributed by atoms with Crippen molar-refractivity contribution in [2.24, 2.45) is 0 Å². The zero-order chi connectivity index (χ0) is 24.5. The normalized spacial score (nSPS) is 11.1. The molecule has 0 bridgehead atoms. The highest BCUT2D eigenvalue weighted by Gasteiger charge is 2.18. The summed E-state index contributed by atoms with van der Waals surface area (Å²) in [6, 6.07) is 43.0. The number of para-hydroxylation sites is 2. The van der Waals surface area contributed by atoms with Crippen LogP contribution in [0.1, 0.15) is 11.1 Å². The fourth-order valence-corrected chi connectivity index (χ4v) is 5.01. The zero-order valence-corrected chi connectivity index (χ0v) is 20.5. The van der Waals surface area contributed by atoms with E-state index in [0.717, 1.165) is 22.7 Å². The number of rotatable bonds is 5. The van der Waals surface area contributed by atoms with Crippen molar-refractivity contribution in [2.45, 2.75) is 13.8 Å². The van der Waals surface area contributed by atoms with Crippen LogP contribution in [0, 0.1) is 13.8 Å². The number of fused-ring (bicyclic) bond motifs is 2. The molecule has 0 atom stereocenters. The highest BCUT2D eigenvalue weighted by molar-refractivity contribution is 6.14. The Kier molecular flexibility index (Phi) is 5.63. The van der Waals surface area contributed by atoms with Crippen molar-refractivity contribution in [3.05, 3.63) is 132 Å². The molecule has 0 saturated heterocycles. The Bertz CT molecular complexity index is 1590. The summed E-state index contributed by atoms with van der Waals surface area (Å²) in [5.74, 6) is 0. The second-order valence-electron chi connectivity index (χ2n) is 9.30. The summed E-state index contributed by atoms with van der Waals surface area (Å²) in [5, 5.41) is 12.4. The van der Waals surface area contributed by atoms with E-state index in [1.54, 1.807) is 0 Å². The minimum Gasteiger partial charge on any atom is -0.355 e. The van der Waals surface area contributed by atoms with Crippen molar-refractivity contribution in [3.8, 4) is 11.1 Å². The van der Waals surface area contributed by atoms with Crippen LogP contribution in [0.5, 0.6) is 0 Å². The summed E-state index contributed by atoms with van der Waals surface area (Å²) in [4.78, 5) is 0. The van der Waals surface area contributed by atoms with Gasteiger partial charge in [0.2, 0.25) is 0 Å². The van der Waals surface area contributed by atoms with Crippen molar-refractivity contribution >= 4 is 44.3 Å². The van der Waals surface area contributed by atoms with Gasteiger partial charge in [-0.1, -0.05) is 97.1 Å². The van der Waals surface area contributed by atoms with Crippen LogP contribution in [-0.2, 0) is 0 Å². The first kappa shape index (κ1) is 21.9. The number of hydrogen-bond acceptors (Lipinski definition) is 2. The van der Waals surface area contributed by atoms with Gasteiger partial charge in [0, 0.05) is 33.9 Å². The predicted octanol–water partition coefficient (Wildman–Crippen LogP) is 9.76. The minimum atomic E-state index is 1.09. The summed E-state index contributed by atoms with van der Waals surface area (Å²) in [5.41, 5.74) is 9.23. The van der Waals surface area contributed by atoms with E-state index >= 15 is 0 Å². The molecular formula is C34H28N2. The Morgan fingerprint density at radius 3 is 1.19 bits per heavy atom. The molecule has 0 amide bonds. The molecule has 6 aromatic rings. The molecule has 0 saturated carbocycles. The summed E-state index contributed by atoms with van der Waals surface area (Å²) < 4.78 is 0. The molecule has 0 aliphatic carbocycles. The van der Waals surface area contributed by atoms with Crippen LogP contribution in [-0.4, -0.2) is 0 Å². The van der Waals surface area contributed by atoms with Crippen LogP contribution in [0.25, 0.3) is 32.7 Å². The first-order valence-electron chi connectivity index (χ1n) is 12.4. The van der Waals surface area contributed by atoms with E-state index in [1.807, 2.05) is 0 Å². The molecule has 2 heteroatoms. The number of aryl methyl sites for hydroxylation is 2. The lowest BCUT2D eigenvalue weighted by atomic mass is 9.90. The first-order chi connectivity index (χ1) is 17.7. The molecule has 0 unspecified atom stereocenters. The largest absolute Gasteiger partial charge is 0.355 e. The molecule has 6 rings (SSSR count). The monoisotopic (exact) mass is 464 g/mol. The topological polar surface area (TPSA) is 24.1 Å². The Morgan fingerprint density at radius 1 is 0.361 bits per heavy atom. The van der Waals surface area contributed by atoms with Gasteiger partial charge in [0.15, 0.2) is 0 Å². The predicted molar refractivity (Wildman–Crippen MR) is 156 cm³/mol. The standard InChI is InChI=1S/C34H28N2/c1-23-11-3-9-17-29(23)35-31-21-19-25-13-5-7-15-27(25)33(31)34-28-16-8-6-14-26(28)20-22-32(34)36-30-18-10-4-12-24(30)2/h3-22,35-36H,1-2H3. The third kappa shape index (κ3) is 3.97. The van der Waals surface area contributed by atoms with Crippen LogP contribution in [0.3, 0.4) is 0 Å². The lowest BCUT2D eigenvalue weighted by Gasteiger charge is -2.22. The maximum Gasteiger partial charge on any atom is 0.0471 e. The smallest absolute Gasteiger partial charge is 0.0471 e. The van der Waals surface area contributed by atoms with Crippen molar-refractivity contribution < 1.29 is 0 Å². The van der Waals surface area contributed by atoms with Gasteiger partial charge in [-0.15, -0.1) is 0 Å². The van der Waals surface area contributed by atoms with Crippen LogP contribution in [0.15, 0.2) is 121 Å². The van der Waals surface area contributed by atoms with E-state index in [1.165, 1.54) is 43.8 Å². The van der Waals surface area contributed by atoms with Gasteiger partial charge in [-0.25, -0.2) is 0 Å². The molecular weight excluding hydrogens is 436 g/mol. The van der Waals surface area contributed by atoms with E-state index in [4.69, 9.17) is 0 Å². The fourth-order valence-electron chi connectivity index (χ4n) is 5.01. The molecule has 2 N–H and O–H groups in total. The fraction of sp³-hybridized carbons (Fsp3) is 0.0588. The van der Waals surface area contributed by atoms with E-state index < -0.39 is 0 Å². The Balaban J connectivity index is 1.66. The van der Waals surface area contributed by atoms with E-state index in [-0.39, 0.29) is 0 Å².